The summed E-state index contributed by atoms with van der Waals surface area (Å²) in [6, 6.07) is 12.5. The van der Waals surface area contributed by atoms with Crippen molar-refractivity contribution in [1.29, 1.82) is 0 Å². The first-order valence-corrected chi connectivity index (χ1v) is 10.2. The lowest BCUT2D eigenvalue weighted by Crippen LogP contribution is -2.44. The molecule has 1 aromatic carbocycles. The van der Waals surface area contributed by atoms with E-state index in [1.165, 1.54) is 0 Å². The molecule has 2 aromatic rings. The molecule has 1 aliphatic carbocycles. The maximum absolute atomic E-state index is 10.5. The molecule has 1 aliphatic heterocycles. The van der Waals surface area contributed by atoms with Crippen molar-refractivity contribution in [2.45, 2.75) is 43.9 Å². The van der Waals surface area contributed by atoms with Gasteiger partial charge in [-0.3, -0.25) is 0 Å². The monoisotopic (exact) mass is 383 g/mol. The number of nitrogens with one attached hydrogen (secondary N) is 1. The molecule has 4 atom stereocenters. The van der Waals surface area contributed by atoms with Crippen LogP contribution in [0.15, 0.2) is 42.6 Å². The summed E-state index contributed by atoms with van der Waals surface area (Å²) in [6.45, 7) is 1.56. The van der Waals surface area contributed by atoms with E-state index in [1.54, 1.807) is 6.20 Å². The van der Waals surface area contributed by atoms with Gasteiger partial charge in [0.2, 0.25) is 0 Å². The van der Waals surface area contributed by atoms with Gasteiger partial charge in [0.25, 0.3) is 0 Å². The predicted octanol–water partition coefficient (Wildman–Crippen LogP) is 1.81. The van der Waals surface area contributed by atoms with Gasteiger partial charge in [0.1, 0.15) is 0 Å². The average molecular weight is 383 g/mol. The maximum atomic E-state index is 10.5. The van der Waals surface area contributed by atoms with Crippen LogP contribution in [-0.4, -0.2) is 58.2 Å². The minimum Gasteiger partial charge on any atom is -0.396 e. The van der Waals surface area contributed by atoms with E-state index in [9.17, 15) is 10.2 Å². The van der Waals surface area contributed by atoms with Crippen LogP contribution in [-0.2, 0) is 11.2 Å². The summed E-state index contributed by atoms with van der Waals surface area (Å²) in [6.07, 6.45) is 4.69. The van der Waals surface area contributed by atoms with Gasteiger partial charge < -0.3 is 20.3 Å². The Morgan fingerprint density at radius 2 is 1.86 bits per heavy atom. The second-order valence-electron chi connectivity index (χ2n) is 7.91. The fourth-order valence-electron chi connectivity index (χ4n) is 4.58. The molecule has 3 N–H and O–H groups in total. The molecule has 2 aliphatic rings. The normalized spacial score (nSPS) is 28.5. The molecule has 0 amide bonds. The van der Waals surface area contributed by atoms with Crippen LogP contribution in [0.3, 0.4) is 0 Å². The molecule has 6 nitrogen and oxygen atoms in total. The van der Waals surface area contributed by atoms with Gasteiger partial charge in [-0.1, -0.05) is 30.3 Å². The van der Waals surface area contributed by atoms with Crippen LogP contribution in [0.4, 0.5) is 0 Å². The molecule has 150 valence electrons. The van der Waals surface area contributed by atoms with Crippen LogP contribution in [0, 0.1) is 11.8 Å². The second kappa shape index (κ2) is 9.09. The third-order valence-corrected chi connectivity index (χ3v) is 6.13. The predicted molar refractivity (Wildman–Crippen MR) is 107 cm³/mol. The van der Waals surface area contributed by atoms with Gasteiger partial charge in [-0.2, -0.15) is 0 Å². The molecule has 28 heavy (non-hydrogen) atoms. The molecule has 0 spiro atoms. The first-order valence-electron chi connectivity index (χ1n) is 10.2. The first-order chi connectivity index (χ1) is 13.7. The van der Waals surface area contributed by atoms with Crippen molar-refractivity contribution in [1.82, 2.24) is 15.3 Å². The van der Waals surface area contributed by atoms with Gasteiger partial charge in [-0.05, 0) is 37.7 Å². The minimum absolute atomic E-state index is 0.00554. The van der Waals surface area contributed by atoms with E-state index in [2.05, 4.69) is 10.3 Å². The molecular formula is C22H29N3O3. The molecule has 0 radical (unpaired) electrons. The van der Waals surface area contributed by atoms with Crippen LogP contribution < -0.4 is 5.32 Å². The molecule has 1 aromatic heterocycles. The number of aliphatic hydroxyl groups excluding tert-OH is 2. The molecule has 4 rings (SSSR count). The quantitative estimate of drug-likeness (QED) is 0.705. The zero-order valence-corrected chi connectivity index (χ0v) is 16.1. The number of hydrogen-bond acceptors (Lipinski definition) is 6. The Morgan fingerprint density at radius 3 is 2.61 bits per heavy atom. The van der Waals surface area contributed by atoms with Gasteiger partial charge in [-0.25, -0.2) is 9.97 Å². The summed E-state index contributed by atoms with van der Waals surface area (Å²) in [7, 11) is 0. The Balaban J connectivity index is 1.51. The van der Waals surface area contributed by atoms with Crippen molar-refractivity contribution in [2.75, 3.05) is 19.8 Å². The molecule has 0 bridgehead atoms. The molecule has 1 saturated carbocycles. The third-order valence-electron chi connectivity index (χ3n) is 6.13. The van der Waals surface area contributed by atoms with E-state index in [1.807, 2.05) is 36.4 Å². The molecule has 6 heteroatoms. The lowest BCUT2D eigenvalue weighted by atomic mass is 9.88. The summed E-state index contributed by atoms with van der Waals surface area (Å²) < 4.78 is 5.46. The maximum Gasteiger partial charge on any atom is 0.159 e. The fraction of sp³-hybridized carbons (Fsp3) is 0.545. The Bertz CT molecular complexity index is 752. The van der Waals surface area contributed by atoms with Crippen LogP contribution in [0.2, 0.25) is 0 Å². The summed E-state index contributed by atoms with van der Waals surface area (Å²) >= 11 is 0. The number of benzene rings is 1. The van der Waals surface area contributed by atoms with E-state index in [0.717, 1.165) is 37.3 Å². The van der Waals surface area contributed by atoms with Crippen LogP contribution in [0.5, 0.6) is 0 Å². The standard InChI is InChI=1S/C22H29N3O3/c26-14-19-18(20(13-21(19)27)24-16-7-10-28-11-8-16)12-17-6-9-23-22(25-17)15-4-2-1-3-5-15/h1-6,9,16,18-21,24,26-27H,7-8,10-14H2. The Hall–Kier alpha value is -1.86. The number of aromatic nitrogens is 2. The largest absolute Gasteiger partial charge is 0.396 e. The molecular weight excluding hydrogens is 354 g/mol. The third kappa shape index (κ3) is 4.41. The number of rotatable bonds is 6. The highest BCUT2D eigenvalue weighted by Gasteiger charge is 2.42. The highest BCUT2D eigenvalue weighted by atomic mass is 16.5. The van der Waals surface area contributed by atoms with E-state index in [4.69, 9.17) is 9.72 Å². The molecule has 2 fully saturated rings. The van der Waals surface area contributed by atoms with Crippen LogP contribution in [0.1, 0.15) is 25.0 Å². The van der Waals surface area contributed by atoms with E-state index >= 15 is 0 Å². The Kier molecular flexibility index (Phi) is 6.32. The Labute approximate surface area is 166 Å². The highest BCUT2D eigenvalue weighted by molar-refractivity contribution is 5.54. The summed E-state index contributed by atoms with van der Waals surface area (Å²) in [5.41, 5.74) is 1.94. The van der Waals surface area contributed by atoms with Crippen molar-refractivity contribution in [3.05, 3.63) is 48.3 Å². The number of hydrogen-bond donors (Lipinski definition) is 3. The zero-order valence-electron chi connectivity index (χ0n) is 16.1. The smallest absolute Gasteiger partial charge is 0.159 e. The minimum atomic E-state index is -0.484. The van der Waals surface area contributed by atoms with Crippen molar-refractivity contribution < 1.29 is 14.9 Å². The number of nitrogens with zero attached hydrogens (tertiary/aromatic N) is 2. The second-order valence-corrected chi connectivity index (χ2v) is 7.91. The van der Waals surface area contributed by atoms with Crippen LogP contribution in [0.25, 0.3) is 11.4 Å². The molecule has 2 heterocycles. The van der Waals surface area contributed by atoms with Crippen LogP contribution >= 0.6 is 0 Å². The Morgan fingerprint density at radius 1 is 1.07 bits per heavy atom. The van der Waals surface area contributed by atoms with Crippen molar-refractivity contribution >= 4 is 0 Å². The van der Waals surface area contributed by atoms with Crippen molar-refractivity contribution in [3.8, 4) is 11.4 Å². The van der Waals surface area contributed by atoms with Gasteiger partial charge in [-0.15, -0.1) is 0 Å². The fourth-order valence-corrected chi connectivity index (χ4v) is 4.58. The SMILES string of the molecule is OCC1C(O)CC(NC2CCOCC2)C1Cc1ccnc(-c2ccccc2)n1. The number of aliphatic hydroxyl groups is 2. The van der Waals surface area contributed by atoms with Gasteiger partial charge >= 0.3 is 0 Å². The summed E-state index contributed by atoms with van der Waals surface area (Å²) in [5.74, 6) is 0.722. The van der Waals surface area contributed by atoms with Gasteiger partial charge in [0.05, 0.1) is 6.10 Å². The zero-order chi connectivity index (χ0) is 19.3. The topological polar surface area (TPSA) is 87.5 Å². The number of ether oxygens (including phenoxy) is 1. The highest BCUT2D eigenvalue weighted by Crippen LogP contribution is 2.35. The summed E-state index contributed by atoms with van der Waals surface area (Å²) in [4.78, 5) is 9.17. The van der Waals surface area contributed by atoms with E-state index in [-0.39, 0.29) is 24.5 Å². The lowest BCUT2D eigenvalue weighted by molar-refractivity contribution is 0.0678. The lowest BCUT2D eigenvalue weighted by Gasteiger charge is -2.31. The molecule has 4 unspecified atom stereocenters. The van der Waals surface area contributed by atoms with Crippen molar-refractivity contribution in [2.24, 2.45) is 11.8 Å². The van der Waals surface area contributed by atoms with Gasteiger partial charge in [0.15, 0.2) is 5.82 Å². The van der Waals surface area contributed by atoms with E-state index in [0.29, 0.717) is 24.7 Å². The molecule has 1 saturated heterocycles. The average Bonchev–Trinajstić information content (AvgIpc) is 3.03. The van der Waals surface area contributed by atoms with Crippen molar-refractivity contribution in [3.63, 3.8) is 0 Å². The summed E-state index contributed by atoms with van der Waals surface area (Å²) in [5, 5.41) is 24.1. The van der Waals surface area contributed by atoms with Gasteiger partial charge in [0, 0.05) is 55.3 Å². The van der Waals surface area contributed by atoms with E-state index < -0.39 is 6.10 Å². The first kappa shape index (κ1) is 19.5.